The first-order valence-electron chi connectivity index (χ1n) is 8.06. The number of nitrogens with one attached hydrogen (secondary N) is 1. The molecule has 1 aliphatic rings. The molecule has 2 aromatic rings. The van der Waals surface area contributed by atoms with E-state index in [-0.39, 0.29) is 22.4 Å². The van der Waals surface area contributed by atoms with Crippen LogP contribution >= 0.6 is 0 Å². The van der Waals surface area contributed by atoms with E-state index in [0.29, 0.717) is 11.3 Å². The van der Waals surface area contributed by atoms with Crippen molar-refractivity contribution in [3.63, 3.8) is 0 Å². The molecule has 0 aliphatic carbocycles. The average molecular weight is 373 g/mol. The van der Waals surface area contributed by atoms with E-state index in [1.165, 1.54) is 23.1 Å². The van der Waals surface area contributed by atoms with E-state index in [9.17, 15) is 18.0 Å². The summed E-state index contributed by atoms with van der Waals surface area (Å²) >= 11 is 0. The average Bonchev–Trinajstić information content (AvgIpc) is 2.59. The number of nitrogens with zero attached hydrogens (tertiary/aromatic N) is 1. The lowest BCUT2D eigenvalue weighted by atomic mass is 9.98. The van der Waals surface area contributed by atoms with Gasteiger partial charge in [-0.15, -0.1) is 0 Å². The fourth-order valence-corrected chi connectivity index (χ4v) is 3.46. The van der Waals surface area contributed by atoms with Crippen LogP contribution in [0.2, 0.25) is 0 Å². The zero-order valence-corrected chi connectivity index (χ0v) is 15.2. The number of carbonyl (C=O) groups excluding carboxylic acids is 2. The molecule has 7 nitrogen and oxygen atoms in total. The quantitative estimate of drug-likeness (QED) is 0.857. The van der Waals surface area contributed by atoms with E-state index < -0.39 is 22.0 Å². The molecule has 0 spiro atoms. The number of benzene rings is 2. The van der Waals surface area contributed by atoms with E-state index in [1.807, 2.05) is 6.07 Å². The fraction of sp³-hybridized carbons (Fsp3) is 0.222. The number of anilines is 2. The maximum Gasteiger partial charge on any atom is 0.252 e. The summed E-state index contributed by atoms with van der Waals surface area (Å²) in [5, 5.41) is 7.86. The lowest BCUT2D eigenvalue weighted by molar-refractivity contribution is -0.125. The molecule has 0 bridgehead atoms. The number of fused-ring (bicyclic) bond motifs is 1. The minimum absolute atomic E-state index is 0.133. The summed E-state index contributed by atoms with van der Waals surface area (Å²) in [5.74, 6) is -1.000. The maximum atomic E-state index is 12.9. The van der Waals surface area contributed by atoms with Crippen molar-refractivity contribution in [2.24, 2.45) is 11.1 Å². The van der Waals surface area contributed by atoms with Gasteiger partial charge < -0.3 is 5.32 Å². The number of amides is 2. The summed E-state index contributed by atoms with van der Waals surface area (Å²) in [6.45, 7) is 3.49. The second kappa shape index (κ2) is 6.54. The second-order valence-corrected chi connectivity index (χ2v) is 7.95. The van der Waals surface area contributed by atoms with Gasteiger partial charge in [-0.2, -0.15) is 0 Å². The Morgan fingerprint density at radius 3 is 2.38 bits per heavy atom. The Bertz CT molecular complexity index is 971. The molecule has 1 heterocycles. The molecule has 136 valence electrons. The van der Waals surface area contributed by atoms with Crippen molar-refractivity contribution in [2.45, 2.75) is 24.8 Å². The van der Waals surface area contributed by atoms with Gasteiger partial charge in [0.2, 0.25) is 15.9 Å². The van der Waals surface area contributed by atoms with Crippen LogP contribution in [-0.2, 0) is 19.6 Å². The van der Waals surface area contributed by atoms with E-state index in [4.69, 9.17) is 5.14 Å². The maximum absolute atomic E-state index is 12.9. The molecule has 2 amide bonds. The summed E-state index contributed by atoms with van der Waals surface area (Å²) in [7, 11) is -3.93. The molecular formula is C18H19N3O4S. The highest BCUT2D eigenvalue weighted by Gasteiger charge is 2.39. The third-order valence-electron chi connectivity index (χ3n) is 4.17. The minimum atomic E-state index is -3.93. The number of primary sulfonamides is 1. The van der Waals surface area contributed by atoms with E-state index >= 15 is 0 Å². The van der Waals surface area contributed by atoms with Gasteiger partial charge in [-0.25, -0.2) is 13.6 Å². The van der Waals surface area contributed by atoms with Crippen LogP contribution in [0, 0.1) is 5.92 Å². The molecule has 0 radical (unpaired) electrons. The lowest BCUT2D eigenvalue weighted by Gasteiger charge is -2.37. The summed E-state index contributed by atoms with van der Waals surface area (Å²) in [5.41, 5.74) is 1.34. The fourth-order valence-electron chi connectivity index (χ4n) is 2.92. The van der Waals surface area contributed by atoms with Crippen LogP contribution in [0.1, 0.15) is 25.5 Å². The van der Waals surface area contributed by atoms with Gasteiger partial charge in [0.15, 0.2) is 0 Å². The van der Waals surface area contributed by atoms with Gasteiger partial charge in [0.1, 0.15) is 6.04 Å². The molecule has 0 saturated carbocycles. The van der Waals surface area contributed by atoms with Crippen molar-refractivity contribution in [1.29, 1.82) is 0 Å². The molecule has 1 aliphatic heterocycles. The molecule has 0 fully saturated rings. The molecule has 2 aromatic carbocycles. The highest BCUT2D eigenvalue weighted by Crippen LogP contribution is 2.40. The first kappa shape index (κ1) is 18.1. The van der Waals surface area contributed by atoms with Crippen molar-refractivity contribution in [3.05, 3.63) is 54.1 Å². The molecule has 3 rings (SSSR count). The van der Waals surface area contributed by atoms with E-state index in [1.54, 1.807) is 38.1 Å². The van der Waals surface area contributed by atoms with Crippen LogP contribution in [0.15, 0.2) is 53.4 Å². The molecule has 26 heavy (non-hydrogen) atoms. The lowest BCUT2D eigenvalue weighted by Crippen LogP contribution is -2.46. The monoisotopic (exact) mass is 373 g/mol. The van der Waals surface area contributed by atoms with Crippen molar-refractivity contribution in [1.82, 2.24) is 0 Å². The van der Waals surface area contributed by atoms with Gasteiger partial charge in [0, 0.05) is 5.92 Å². The van der Waals surface area contributed by atoms with E-state index in [2.05, 4.69) is 5.32 Å². The summed E-state index contributed by atoms with van der Waals surface area (Å²) in [6, 6.07) is 12.2. The normalized spacial score (nSPS) is 17.0. The summed E-state index contributed by atoms with van der Waals surface area (Å²) in [6.07, 6.45) is 0. The molecule has 0 saturated heterocycles. The SMILES string of the molecule is CC(C)C(=O)N1c2ccc(S(N)(=O)=O)cc2NC(=O)C1c1ccccc1. The van der Waals surface area contributed by atoms with Gasteiger partial charge in [0.25, 0.3) is 5.91 Å². The highest BCUT2D eigenvalue weighted by atomic mass is 32.2. The Morgan fingerprint density at radius 1 is 1.15 bits per heavy atom. The molecular weight excluding hydrogens is 354 g/mol. The molecule has 1 unspecified atom stereocenters. The smallest absolute Gasteiger partial charge is 0.252 e. The van der Waals surface area contributed by atoms with Crippen LogP contribution in [0.25, 0.3) is 0 Å². The molecule has 0 aromatic heterocycles. The van der Waals surface area contributed by atoms with Gasteiger partial charge >= 0.3 is 0 Å². The molecule has 3 N–H and O–H groups in total. The Balaban J connectivity index is 2.19. The van der Waals surface area contributed by atoms with Gasteiger partial charge in [-0.05, 0) is 23.8 Å². The predicted octanol–water partition coefficient (Wildman–Crippen LogP) is 2.02. The highest BCUT2D eigenvalue weighted by molar-refractivity contribution is 7.89. The number of carbonyl (C=O) groups is 2. The molecule has 1 atom stereocenters. The number of sulfonamides is 1. The Hall–Kier alpha value is -2.71. The number of hydrogen-bond acceptors (Lipinski definition) is 4. The van der Waals surface area contributed by atoms with Crippen LogP contribution in [0.4, 0.5) is 11.4 Å². The van der Waals surface area contributed by atoms with E-state index in [0.717, 1.165) is 0 Å². The van der Waals surface area contributed by atoms with Crippen molar-refractivity contribution in [3.8, 4) is 0 Å². The zero-order chi connectivity index (χ0) is 19.1. The van der Waals surface area contributed by atoms with Crippen molar-refractivity contribution in [2.75, 3.05) is 10.2 Å². The second-order valence-electron chi connectivity index (χ2n) is 6.39. The zero-order valence-electron chi connectivity index (χ0n) is 14.3. The van der Waals surface area contributed by atoms with Crippen molar-refractivity contribution >= 4 is 33.2 Å². The third kappa shape index (κ3) is 3.21. The van der Waals surface area contributed by atoms with Crippen LogP contribution < -0.4 is 15.4 Å². The minimum Gasteiger partial charge on any atom is -0.322 e. The number of rotatable bonds is 3. The first-order valence-corrected chi connectivity index (χ1v) is 9.60. The Morgan fingerprint density at radius 2 is 1.81 bits per heavy atom. The molecule has 8 heteroatoms. The predicted molar refractivity (Wildman–Crippen MR) is 98.0 cm³/mol. The van der Waals surface area contributed by atoms with Crippen molar-refractivity contribution < 1.29 is 18.0 Å². The van der Waals surface area contributed by atoms with Crippen LogP contribution in [0.5, 0.6) is 0 Å². The largest absolute Gasteiger partial charge is 0.322 e. The van der Waals surface area contributed by atoms with Gasteiger partial charge in [-0.3, -0.25) is 14.5 Å². The van der Waals surface area contributed by atoms with Gasteiger partial charge in [0.05, 0.1) is 16.3 Å². The Labute approximate surface area is 151 Å². The number of hydrogen-bond donors (Lipinski definition) is 2. The topological polar surface area (TPSA) is 110 Å². The van der Waals surface area contributed by atoms with Gasteiger partial charge in [-0.1, -0.05) is 44.2 Å². The first-order chi connectivity index (χ1) is 12.2. The summed E-state index contributed by atoms with van der Waals surface area (Å²) < 4.78 is 23.2. The standard InChI is InChI=1S/C18H19N3O4S/c1-11(2)18(23)21-15-9-8-13(26(19,24)25)10-14(15)20-17(22)16(21)12-6-4-3-5-7-12/h3-11,16H,1-2H3,(H,20,22)(H2,19,24,25). The third-order valence-corrected chi connectivity index (χ3v) is 5.08. The van der Waals surface area contributed by atoms with Crippen LogP contribution in [0.3, 0.4) is 0 Å². The number of nitrogens with two attached hydrogens (primary N) is 1. The van der Waals surface area contributed by atoms with Crippen LogP contribution in [-0.4, -0.2) is 20.2 Å². The summed E-state index contributed by atoms with van der Waals surface area (Å²) in [4.78, 5) is 26.9. The Kier molecular flexibility index (Phi) is 4.55.